The first-order chi connectivity index (χ1) is 8.99. The summed E-state index contributed by atoms with van der Waals surface area (Å²) in [6.07, 6.45) is 7.75. The molecule has 19 heavy (non-hydrogen) atoms. The Kier molecular flexibility index (Phi) is 2.17. The van der Waals surface area contributed by atoms with Crippen LogP contribution in [0.2, 0.25) is 0 Å². The Labute approximate surface area is 114 Å². The van der Waals surface area contributed by atoms with E-state index in [-0.39, 0.29) is 11.6 Å². The Morgan fingerprint density at radius 2 is 2.05 bits per heavy atom. The van der Waals surface area contributed by atoms with E-state index in [9.17, 15) is 0 Å². The number of pyridine rings is 1. The van der Waals surface area contributed by atoms with E-state index in [1.807, 2.05) is 6.20 Å². The number of ether oxygens (including phenoxy) is 1. The monoisotopic (exact) mass is 258 g/mol. The van der Waals surface area contributed by atoms with Crippen molar-refractivity contribution in [1.29, 1.82) is 0 Å². The second kappa shape index (κ2) is 3.51. The quantitative estimate of drug-likeness (QED) is 0.840. The van der Waals surface area contributed by atoms with Crippen molar-refractivity contribution in [1.82, 2.24) is 4.98 Å². The maximum atomic E-state index is 6.37. The van der Waals surface area contributed by atoms with Gasteiger partial charge in [-0.25, -0.2) is 4.98 Å². The Hall–Kier alpha value is -1.09. The van der Waals surface area contributed by atoms with Gasteiger partial charge in [-0.2, -0.15) is 0 Å². The normalized spacial score (nSPS) is 33.2. The molecule has 3 nitrogen and oxygen atoms in total. The fourth-order valence-corrected chi connectivity index (χ4v) is 3.70. The van der Waals surface area contributed by atoms with Gasteiger partial charge in [0.2, 0.25) is 5.88 Å². The van der Waals surface area contributed by atoms with Gasteiger partial charge in [0.15, 0.2) is 0 Å². The second-order valence-electron chi connectivity index (χ2n) is 7.36. The van der Waals surface area contributed by atoms with Gasteiger partial charge in [0.05, 0.1) is 0 Å². The van der Waals surface area contributed by atoms with Crippen LogP contribution in [0.4, 0.5) is 0 Å². The van der Waals surface area contributed by atoms with Crippen LogP contribution in [-0.4, -0.2) is 10.6 Å². The summed E-state index contributed by atoms with van der Waals surface area (Å²) in [5.41, 5.74) is 9.28. The number of nitrogens with two attached hydrogens (primary N) is 1. The fraction of sp³-hybridized carbons (Fsp3) is 0.688. The summed E-state index contributed by atoms with van der Waals surface area (Å²) in [6.45, 7) is 4.63. The first-order valence-electron chi connectivity index (χ1n) is 7.44. The predicted octanol–water partition coefficient (Wildman–Crippen LogP) is 3.30. The zero-order valence-corrected chi connectivity index (χ0v) is 11.8. The predicted molar refractivity (Wildman–Crippen MR) is 74.1 cm³/mol. The van der Waals surface area contributed by atoms with Crippen LogP contribution in [-0.2, 0) is 0 Å². The van der Waals surface area contributed by atoms with Crippen LogP contribution in [0.1, 0.15) is 69.0 Å². The van der Waals surface area contributed by atoms with Gasteiger partial charge in [-0.3, -0.25) is 0 Å². The number of rotatable bonds is 1. The highest BCUT2D eigenvalue weighted by Gasteiger charge is 2.48. The average Bonchev–Trinajstić information content (AvgIpc) is 2.96. The number of nitrogens with zero attached hydrogens (tertiary/aromatic N) is 1. The molecule has 2 heterocycles. The summed E-state index contributed by atoms with van der Waals surface area (Å²) < 4.78 is 6.14. The molecule has 2 atom stereocenters. The molecule has 0 radical (unpaired) electrons. The number of aromatic nitrogens is 1. The Bertz CT molecular complexity index is 534. The van der Waals surface area contributed by atoms with Crippen molar-refractivity contribution in [2.24, 2.45) is 11.1 Å². The van der Waals surface area contributed by atoms with Crippen molar-refractivity contribution in [3.05, 3.63) is 23.4 Å². The maximum absolute atomic E-state index is 6.37. The molecule has 0 saturated heterocycles. The second-order valence-corrected chi connectivity index (χ2v) is 7.36. The lowest BCUT2D eigenvalue weighted by Crippen LogP contribution is -2.48. The SMILES string of the molecule is CC1(C)CC1c1cnc2c(c1)C(N)CC1(CCC1)O2. The molecule has 3 heteroatoms. The van der Waals surface area contributed by atoms with E-state index < -0.39 is 0 Å². The molecule has 1 aromatic heterocycles. The third-order valence-corrected chi connectivity index (χ3v) is 5.39. The highest BCUT2D eigenvalue weighted by Crippen LogP contribution is 2.59. The highest BCUT2D eigenvalue weighted by molar-refractivity contribution is 5.39. The van der Waals surface area contributed by atoms with Gasteiger partial charge in [0.25, 0.3) is 0 Å². The molecule has 2 aliphatic carbocycles. The topological polar surface area (TPSA) is 48.1 Å². The van der Waals surface area contributed by atoms with Gasteiger partial charge < -0.3 is 10.5 Å². The van der Waals surface area contributed by atoms with Crippen molar-refractivity contribution in [3.8, 4) is 5.88 Å². The molecule has 1 aliphatic heterocycles. The molecule has 4 rings (SSSR count). The molecule has 0 amide bonds. The minimum Gasteiger partial charge on any atom is -0.471 e. The zero-order valence-electron chi connectivity index (χ0n) is 11.8. The Balaban J connectivity index is 1.67. The smallest absolute Gasteiger partial charge is 0.218 e. The first kappa shape index (κ1) is 11.7. The first-order valence-corrected chi connectivity index (χ1v) is 7.44. The van der Waals surface area contributed by atoms with Crippen LogP contribution < -0.4 is 10.5 Å². The molecule has 0 aromatic carbocycles. The zero-order chi connectivity index (χ0) is 13.3. The molecule has 0 bridgehead atoms. The van der Waals surface area contributed by atoms with E-state index in [0.29, 0.717) is 11.3 Å². The van der Waals surface area contributed by atoms with Gasteiger partial charge >= 0.3 is 0 Å². The molecule has 2 unspecified atom stereocenters. The lowest BCUT2D eigenvalue weighted by atomic mass is 9.73. The number of hydrogen-bond donors (Lipinski definition) is 1. The molecule has 3 aliphatic rings. The number of fused-ring (bicyclic) bond motifs is 1. The van der Waals surface area contributed by atoms with E-state index in [1.54, 1.807) is 0 Å². The van der Waals surface area contributed by atoms with Crippen LogP contribution in [0.5, 0.6) is 5.88 Å². The van der Waals surface area contributed by atoms with Crippen molar-refractivity contribution >= 4 is 0 Å². The fourth-order valence-electron chi connectivity index (χ4n) is 3.70. The highest BCUT2D eigenvalue weighted by atomic mass is 16.5. The van der Waals surface area contributed by atoms with Gasteiger partial charge in [-0.1, -0.05) is 13.8 Å². The van der Waals surface area contributed by atoms with E-state index in [2.05, 4.69) is 24.9 Å². The van der Waals surface area contributed by atoms with Crippen LogP contribution in [0.3, 0.4) is 0 Å². The molecular weight excluding hydrogens is 236 g/mol. The Morgan fingerprint density at radius 1 is 1.32 bits per heavy atom. The third kappa shape index (κ3) is 1.71. The van der Waals surface area contributed by atoms with E-state index in [1.165, 1.54) is 18.4 Å². The minimum atomic E-state index is 0.0137. The average molecular weight is 258 g/mol. The van der Waals surface area contributed by atoms with Crippen molar-refractivity contribution in [2.75, 3.05) is 0 Å². The molecular formula is C16H22N2O. The molecule has 102 valence electrons. The van der Waals surface area contributed by atoms with Crippen molar-refractivity contribution in [3.63, 3.8) is 0 Å². The molecule has 2 fully saturated rings. The summed E-state index contributed by atoms with van der Waals surface area (Å²) in [5.74, 6) is 1.44. The lowest BCUT2D eigenvalue weighted by molar-refractivity contribution is -0.0369. The third-order valence-electron chi connectivity index (χ3n) is 5.39. The van der Waals surface area contributed by atoms with Crippen LogP contribution in [0.25, 0.3) is 0 Å². The molecule has 1 aromatic rings. The maximum Gasteiger partial charge on any atom is 0.218 e. The minimum absolute atomic E-state index is 0.0137. The van der Waals surface area contributed by atoms with Crippen LogP contribution in [0, 0.1) is 5.41 Å². The van der Waals surface area contributed by atoms with Crippen LogP contribution in [0.15, 0.2) is 12.3 Å². The largest absolute Gasteiger partial charge is 0.471 e. The van der Waals surface area contributed by atoms with E-state index in [4.69, 9.17) is 10.5 Å². The summed E-state index contributed by atoms with van der Waals surface area (Å²) in [4.78, 5) is 4.57. The molecule has 2 N–H and O–H groups in total. The van der Waals surface area contributed by atoms with Gasteiger partial charge in [0, 0.05) is 24.2 Å². The van der Waals surface area contributed by atoms with Crippen LogP contribution >= 0.6 is 0 Å². The van der Waals surface area contributed by atoms with E-state index in [0.717, 1.165) is 30.7 Å². The van der Waals surface area contributed by atoms with Crippen molar-refractivity contribution < 1.29 is 4.74 Å². The van der Waals surface area contributed by atoms with Gasteiger partial charge in [-0.05, 0) is 48.6 Å². The molecule has 1 spiro atoms. The molecule has 2 saturated carbocycles. The lowest BCUT2D eigenvalue weighted by Gasteiger charge is -2.46. The van der Waals surface area contributed by atoms with Crippen molar-refractivity contribution in [2.45, 2.75) is 63.5 Å². The number of hydrogen-bond acceptors (Lipinski definition) is 3. The summed E-state index contributed by atoms with van der Waals surface area (Å²) in [6, 6.07) is 2.34. The standard InChI is InChI=1S/C16H22N2O/c1-15(2)7-12(15)10-6-11-13(17)8-16(4-3-5-16)19-14(11)18-9-10/h6,9,12-13H,3-5,7-8,17H2,1-2H3. The summed E-state index contributed by atoms with van der Waals surface area (Å²) >= 11 is 0. The summed E-state index contributed by atoms with van der Waals surface area (Å²) in [7, 11) is 0. The Morgan fingerprint density at radius 3 is 2.63 bits per heavy atom. The van der Waals surface area contributed by atoms with Gasteiger partial charge in [-0.15, -0.1) is 0 Å². The summed E-state index contributed by atoms with van der Waals surface area (Å²) in [5, 5.41) is 0. The van der Waals surface area contributed by atoms with E-state index >= 15 is 0 Å². The van der Waals surface area contributed by atoms with Gasteiger partial charge in [0.1, 0.15) is 5.60 Å².